The Kier molecular flexibility index (Phi) is 3.17. The van der Waals surface area contributed by atoms with Crippen molar-refractivity contribution in [3.05, 3.63) is 12.2 Å². The zero-order chi connectivity index (χ0) is 9.99. The van der Waals surface area contributed by atoms with Gasteiger partial charge in [0.2, 0.25) is 0 Å². The molecule has 0 aliphatic rings. The van der Waals surface area contributed by atoms with E-state index in [1.807, 2.05) is 0 Å². The first-order valence-corrected chi connectivity index (χ1v) is 2.94. The summed E-state index contributed by atoms with van der Waals surface area (Å²) in [4.78, 5) is 0. The minimum absolute atomic E-state index is 1.09. The molecular formula is C6H6F6. The van der Waals surface area contributed by atoms with Crippen molar-refractivity contribution >= 4 is 0 Å². The fraction of sp³-hybridized carbons (Fsp3) is 0.667. The lowest BCUT2D eigenvalue weighted by Gasteiger charge is -2.10. The average Bonchev–Trinajstić information content (AvgIpc) is 1.78. The third-order valence-electron chi connectivity index (χ3n) is 1.11. The molecule has 0 saturated carbocycles. The molecule has 12 heavy (non-hydrogen) atoms. The van der Waals surface area contributed by atoms with Crippen LogP contribution in [-0.2, 0) is 0 Å². The molecule has 0 aromatic rings. The molecule has 72 valence electrons. The van der Waals surface area contributed by atoms with Crippen LogP contribution in [0.25, 0.3) is 0 Å². The fourth-order valence-electron chi connectivity index (χ4n) is 0.434. The summed E-state index contributed by atoms with van der Waals surface area (Å²) in [5.41, 5.74) is -1.35. The van der Waals surface area contributed by atoms with Crippen molar-refractivity contribution in [2.24, 2.45) is 0 Å². The molecule has 6 heteroatoms. The molecule has 0 spiro atoms. The molecule has 0 aromatic carbocycles. The van der Waals surface area contributed by atoms with Crippen molar-refractivity contribution in [2.45, 2.75) is 25.2 Å². The Labute approximate surface area is 64.9 Å². The maximum Gasteiger partial charge on any atom is 0.412 e. The van der Waals surface area contributed by atoms with Crippen molar-refractivity contribution in [3.8, 4) is 0 Å². The second kappa shape index (κ2) is 3.37. The van der Waals surface area contributed by atoms with Crippen molar-refractivity contribution in [1.29, 1.82) is 0 Å². The van der Waals surface area contributed by atoms with Crippen LogP contribution in [0.2, 0.25) is 0 Å². The summed E-state index contributed by atoms with van der Waals surface area (Å²) in [7, 11) is 0. The van der Waals surface area contributed by atoms with Crippen LogP contribution in [0.5, 0.6) is 0 Å². The third-order valence-corrected chi connectivity index (χ3v) is 1.11. The molecule has 0 bridgehead atoms. The molecule has 0 saturated heterocycles. The van der Waals surface area contributed by atoms with Gasteiger partial charge in [-0.25, -0.2) is 0 Å². The molecule has 0 heterocycles. The van der Waals surface area contributed by atoms with Crippen molar-refractivity contribution < 1.29 is 26.3 Å². The summed E-state index contributed by atoms with van der Waals surface area (Å²) in [5, 5.41) is 0. The Bertz CT molecular complexity index is 162. The van der Waals surface area contributed by atoms with E-state index < -0.39 is 30.8 Å². The lowest BCUT2D eigenvalue weighted by atomic mass is 10.1. The number of allylic oxidation sites excluding steroid dienone is 1. The zero-order valence-corrected chi connectivity index (χ0v) is 5.89. The number of halogens is 6. The van der Waals surface area contributed by atoms with Gasteiger partial charge in [0.05, 0.1) is 0 Å². The Balaban J connectivity index is 3.90. The predicted molar refractivity (Wildman–Crippen MR) is 30.5 cm³/mol. The van der Waals surface area contributed by atoms with E-state index in [-0.39, 0.29) is 0 Å². The summed E-state index contributed by atoms with van der Waals surface area (Å²) in [6.45, 7) is 2.50. The summed E-state index contributed by atoms with van der Waals surface area (Å²) in [5.74, 6) is 0. The maximum absolute atomic E-state index is 11.6. The van der Waals surface area contributed by atoms with Crippen LogP contribution >= 0.6 is 0 Å². The number of alkyl halides is 6. The van der Waals surface area contributed by atoms with Gasteiger partial charge in [0, 0.05) is 12.0 Å². The highest BCUT2D eigenvalue weighted by Crippen LogP contribution is 2.31. The fourth-order valence-corrected chi connectivity index (χ4v) is 0.434. The summed E-state index contributed by atoms with van der Waals surface area (Å²) >= 11 is 0. The van der Waals surface area contributed by atoms with Crippen LogP contribution in [0.15, 0.2) is 12.2 Å². The molecular weight excluding hydrogens is 186 g/mol. The first-order valence-electron chi connectivity index (χ1n) is 2.94. The first-order chi connectivity index (χ1) is 5.13. The highest BCUT2D eigenvalue weighted by atomic mass is 19.4. The topological polar surface area (TPSA) is 0 Å². The standard InChI is InChI=1S/C6H6F6/c1-4(6(10,11)12)2-3-5(7,8)9/h1-3H2. The van der Waals surface area contributed by atoms with Gasteiger partial charge in [-0.1, -0.05) is 6.58 Å². The number of rotatable bonds is 2. The quantitative estimate of drug-likeness (QED) is 0.464. The van der Waals surface area contributed by atoms with Gasteiger partial charge in [-0.2, -0.15) is 26.3 Å². The molecule has 0 rings (SSSR count). The summed E-state index contributed by atoms with van der Waals surface area (Å²) in [6, 6.07) is 0. The van der Waals surface area contributed by atoms with Crippen LogP contribution in [0.1, 0.15) is 12.8 Å². The Morgan fingerprint density at radius 2 is 1.42 bits per heavy atom. The normalized spacial score (nSPS) is 13.2. The van der Waals surface area contributed by atoms with E-state index >= 15 is 0 Å². The molecule has 0 radical (unpaired) electrons. The van der Waals surface area contributed by atoms with Gasteiger partial charge in [-0.3, -0.25) is 0 Å². The van der Waals surface area contributed by atoms with Crippen LogP contribution in [0.4, 0.5) is 26.3 Å². The highest BCUT2D eigenvalue weighted by molar-refractivity contribution is 5.02. The molecule has 0 N–H and O–H groups in total. The monoisotopic (exact) mass is 192 g/mol. The molecule has 0 unspecified atom stereocenters. The van der Waals surface area contributed by atoms with E-state index in [0.29, 0.717) is 0 Å². The van der Waals surface area contributed by atoms with Gasteiger partial charge in [0.15, 0.2) is 0 Å². The van der Waals surface area contributed by atoms with Gasteiger partial charge in [0.25, 0.3) is 0 Å². The van der Waals surface area contributed by atoms with Crippen molar-refractivity contribution in [1.82, 2.24) is 0 Å². The Morgan fingerprint density at radius 1 is 1.00 bits per heavy atom. The van der Waals surface area contributed by atoms with Crippen LogP contribution in [0, 0.1) is 0 Å². The Hall–Kier alpha value is -0.680. The van der Waals surface area contributed by atoms with E-state index in [1.54, 1.807) is 0 Å². The maximum atomic E-state index is 11.6. The number of hydrogen-bond donors (Lipinski definition) is 0. The van der Waals surface area contributed by atoms with Crippen molar-refractivity contribution in [3.63, 3.8) is 0 Å². The van der Waals surface area contributed by atoms with Crippen molar-refractivity contribution in [2.75, 3.05) is 0 Å². The molecule has 0 amide bonds. The second-order valence-electron chi connectivity index (χ2n) is 2.22. The largest absolute Gasteiger partial charge is 0.412 e. The third kappa shape index (κ3) is 5.03. The predicted octanol–water partition coefficient (Wildman–Crippen LogP) is 3.45. The SMILES string of the molecule is C=C(CCC(F)(F)F)C(F)(F)F. The molecule has 0 fully saturated rings. The van der Waals surface area contributed by atoms with E-state index in [9.17, 15) is 26.3 Å². The van der Waals surface area contributed by atoms with Gasteiger partial charge >= 0.3 is 12.4 Å². The molecule has 0 aliphatic heterocycles. The molecule has 0 aliphatic carbocycles. The lowest BCUT2D eigenvalue weighted by Crippen LogP contribution is -2.14. The van der Waals surface area contributed by atoms with Crippen LogP contribution in [-0.4, -0.2) is 12.4 Å². The van der Waals surface area contributed by atoms with Gasteiger partial charge in [-0.15, -0.1) is 0 Å². The summed E-state index contributed by atoms with van der Waals surface area (Å²) < 4.78 is 68.9. The second-order valence-corrected chi connectivity index (χ2v) is 2.22. The average molecular weight is 192 g/mol. The van der Waals surface area contributed by atoms with E-state index in [2.05, 4.69) is 6.58 Å². The van der Waals surface area contributed by atoms with Crippen LogP contribution in [0.3, 0.4) is 0 Å². The minimum atomic E-state index is -4.72. The van der Waals surface area contributed by atoms with Crippen LogP contribution < -0.4 is 0 Å². The van der Waals surface area contributed by atoms with E-state index in [1.165, 1.54) is 0 Å². The minimum Gasteiger partial charge on any atom is -0.171 e. The zero-order valence-electron chi connectivity index (χ0n) is 5.89. The van der Waals surface area contributed by atoms with Gasteiger partial charge < -0.3 is 0 Å². The lowest BCUT2D eigenvalue weighted by molar-refractivity contribution is -0.139. The molecule has 0 nitrogen and oxygen atoms in total. The Morgan fingerprint density at radius 3 is 1.67 bits per heavy atom. The first kappa shape index (κ1) is 11.3. The smallest absolute Gasteiger partial charge is 0.171 e. The molecule has 0 atom stereocenters. The van der Waals surface area contributed by atoms with E-state index in [4.69, 9.17) is 0 Å². The van der Waals surface area contributed by atoms with Gasteiger partial charge in [-0.05, 0) is 6.42 Å². The van der Waals surface area contributed by atoms with Gasteiger partial charge in [0.1, 0.15) is 0 Å². The summed E-state index contributed by atoms with van der Waals surface area (Å²) in [6.07, 6.45) is -11.8. The van der Waals surface area contributed by atoms with E-state index in [0.717, 1.165) is 0 Å². The number of hydrogen-bond acceptors (Lipinski definition) is 0. The molecule has 0 aromatic heterocycles. The highest BCUT2D eigenvalue weighted by Gasteiger charge is 2.35.